The van der Waals surface area contributed by atoms with Crippen molar-refractivity contribution in [3.63, 3.8) is 0 Å². The van der Waals surface area contributed by atoms with E-state index in [2.05, 4.69) is 141 Å². The van der Waals surface area contributed by atoms with Crippen LogP contribution in [0.2, 0.25) is 0 Å². The Morgan fingerprint density at radius 1 is 0.600 bits per heavy atom. The fourth-order valence-electron chi connectivity index (χ4n) is 5.92. The zero-order chi connectivity index (χ0) is 24.8. The van der Waals surface area contributed by atoms with E-state index in [0.717, 1.165) is 24.5 Å². The lowest BCUT2D eigenvalue weighted by Gasteiger charge is -2.15. The normalized spacial score (nSPS) is 18.2. The lowest BCUT2D eigenvalue weighted by Crippen LogP contribution is -2.27. The van der Waals surface area contributed by atoms with Crippen LogP contribution in [0.4, 0.5) is 11.4 Å². The number of aromatic nitrogens is 1. The van der Waals surface area contributed by atoms with Crippen LogP contribution in [0.25, 0.3) is 12.2 Å². The van der Waals surface area contributed by atoms with Gasteiger partial charge in [0.1, 0.15) is 13.1 Å². The van der Waals surface area contributed by atoms with Crippen LogP contribution in [0.5, 0.6) is 0 Å². The second-order valence-corrected chi connectivity index (χ2v) is 10.6. The first-order chi connectivity index (χ1) is 16.8. The predicted molar refractivity (Wildman–Crippen MR) is 149 cm³/mol. The number of benzene rings is 2. The van der Waals surface area contributed by atoms with Gasteiger partial charge in [0.05, 0.1) is 10.8 Å². The first-order valence-electron chi connectivity index (χ1n) is 12.8. The third-order valence-electron chi connectivity index (χ3n) is 7.80. The maximum Gasteiger partial charge on any atom is 0.209 e. The van der Waals surface area contributed by atoms with Gasteiger partial charge >= 0.3 is 0 Å². The van der Waals surface area contributed by atoms with Crippen LogP contribution in [0, 0.1) is 0 Å². The van der Waals surface area contributed by atoms with Crippen molar-refractivity contribution in [2.45, 2.75) is 52.4 Å². The van der Waals surface area contributed by atoms with Gasteiger partial charge in [-0.3, -0.25) is 0 Å². The van der Waals surface area contributed by atoms with E-state index in [1.54, 1.807) is 0 Å². The number of para-hydroxylation sites is 2. The number of hydrogen-bond acceptors (Lipinski definition) is 0. The lowest BCUT2D eigenvalue weighted by molar-refractivity contribution is -0.433. The summed E-state index contributed by atoms with van der Waals surface area (Å²) in [6, 6.07) is 21.9. The minimum absolute atomic E-state index is 0.0122. The summed E-state index contributed by atoms with van der Waals surface area (Å²) in [5, 5.41) is 0. The molecule has 1 aromatic heterocycles. The number of allylic oxidation sites excluding steroid dienone is 2. The van der Waals surface area contributed by atoms with E-state index in [9.17, 15) is 0 Å². The molecule has 2 aliphatic heterocycles. The number of aromatic amines is 1. The van der Waals surface area contributed by atoms with Gasteiger partial charge in [-0.2, -0.15) is 9.15 Å². The minimum atomic E-state index is -0.0122. The molecule has 35 heavy (non-hydrogen) atoms. The zero-order valence-corrected chi connectivity index (χ0v) is 21.9. The third-order valence-corrected chi connectivity index (χ3v) is 7.80. The van der Waals surface area contributed by atoms with Crippen molar-refractivity contribution >= 4 is 35.0 Å². The highest BCUT2D eigenvalue weighted by Crippen LogP contribution is 2.41. The molecular formula is C32H37N3+2. The van der Waals surface area contributed by atoms with Gasteiger partial charge < -0.3 is 4.98 Å². The van der Waals surface area contributed by atoms with Crippen molar-refractivity contribution in [2.24, 2.45) is 0 Å². The molecule has 0 saturated heterocycles. The van der Waals surface area contributed by atoms with E-state index >= 15 is 0 Å². The Labute approximate surface area is 209 Å². The number of hydrogen-bond donors (Lipinski definition) is 1. The van der Waals surface area contributed by atoms with Crippen LogP contribution in [-0.4, -0.2) is 38.6 Å². The summed E-state index contributed by atoms with van der Waals surface area (Å²) in [7, 11) is 0. The lowest BCUT2D eigenvalue weighted by atomic mass is 9.81. The maximum absolute atomic E-state index is 3.59. The molecule has 0 fully saturated rings. The Kier molecular flexibility index (Phi) is 5.75. The molecule has 3 heterocycles. The first-order valence-corrected chi connectivity index (χ1v) is 12.8. The molecule has 0 saturated carbocycles. The smallest absolute Gasteiger partial charge is 0.209 e. The molecule has 3 nitrogen and oxygen atoms in total. The Hall–Kier alpha value is -3.46. The molecule has 0 amide bonds. The molecule has 2 aromatic carbocycles. The minimum Gasteiger partial charge on any atom is -0.356 e. The molecule has 0 unspecified atom stereocenters. The van der Waals surface area contributed by atoms with Gasteiger partial charge in [-0.05, 0) is 65.8 Å². The molecule has 178 valence electrons. The highest BCUT2D eigenvalue weighted by molar-refractivity contribution is 6.06. The van der Waals surface area contributed by atoms with Crippen molar-refractivity contribution in [3.8, 4) is 0 Å². The molecular weight excluding hydrogens is 426 g/mol. The van der Waals surface area contributed by atoms with E-state index in [0.29, 0.717) is 0 Å². The first kappa shape index (κ1) is 23.3. The third kappa shape index (κ3) is 3.74. The van der Waals surface area contributed by atoms with E-state index in [1.165, 1.54) is 33.9 Å². The zero-order valence-electron chi connectivity index (χ0n) is 21.9. The van der Waals surface area contributed by atoms with Gasteiger partial charge in [0.15, 0.2) is 11.4 Å². The Balaban J connectivity index is 1.41. The molecule has 0 atom stereocenters. The van der Waals surface area contributed by atoms with Gasteiger partial charge in [-0.25, -0.2) is 0 Å². The Morgan fingerprint density at radius 3 is 1.40 bits per heavy atom. The maximum atomic E-state index is 3.59. The number of fused-ring (bicyclic) bond motifs is 2. The Bertz CT molecular complexity index is 1300. The van der Waals surface area contributed by atoms with Crippen LogP contribution in [-0.2, 0) is 10.8 Å². The Morgan fingerprint density at radius 2 is 1.00 bits per heavy atom. The average Bonchev–Trinajstić information content (AvgIpc) is 3.46. The molecule has 0 radical (unpaired) electrons. The second kappa shape index (κ2) is 8.64. The molecule has 0 aliphatic carbocycles. The summed E-state index contributed by atoms with van der Waals surface area (Å²) in [5.74, 6) is 0. The van der Waals surface area contributed by atoms with Crippen molar-refractivity contribution in [3.05, 3.63) is 95.3 Å². The van der Waals surface area contributed by atoms with E-state index in [1.807, 2.05) is 0 Å². The summed E-state index contributed by atoms with van der Waals surface area (Å²) >= 11 is 0. The van der Waals surface area contributed by atoms with E-state index < -0.39 is 0 Å². The van der Waals surface area contributed by atoms with Gasteiger partial charge in [0, 0.05) is 46.8 Å². The van der Waals surface area contributed by atoms with E-state index in [4.69, 9.17) is 0 Å². The standard InChI is InChI=1S/C32H36N3/c1-7-34-27-15-11-9-13-25(27)31(3,4)29(34)21-19-23-17-18-24(33-23)20-22-30-32(5,6)26-14-10-12-16-28(26)35(30)8-2/h9-22H,7-8H2,1-6H3/q+1/p+1. The fraction of sp³-hybridized carbons (Fsp3) is 0.312. The highest BCUT2D eigenvalue weighted by atomic mass is 15.1. The van der Waals surface area contributed by atoms with Crippen molar-refractivity contribution in [1.29, 1.82) is 0 Å². The number of H-pyrrole nitrogens is 1. The molecule has 0 spiro atoms. The summed E-state index contributed by atoms with van der Waals surface area (Å²) in [4.78, 5) is 3.59. The summed E-state index contributed by atoms with van der Waals surface area (Å²) in [6.45, 7) is 15.7. The average molecular weight is 464 g/mol. The van der Waals surface area contributed by atoms with Crippen LogP contribution < -0.4 is 0 Å². The number of nitrogens with one attached hydrogen (secondary N) is 1. The quantitative estimate of drug-likeness (QED) is 0.372. The van der Waals surface area contributed by atoms with Crippen LogP contribution >= 0.6 is 0 Å². The topological polar surface area (TPSA) is 21.8 Å². The highest BCUT2D eigenvalue weighted by Gasteiger charge is 2.44. The molecule has 2 aliphatic rings. The molecule has 5 rings (SSSR count). The SMILES string of the molecule is CC[N+]1=C(C=Cc2ccc(C=CC3=[N+](CC)c4ccccc4C3(C)C)[nH]2)C(C)(C)c2ccccc21. The van der Waals surface area contributed by atoms with Crippen molar-refractivity contribution in [2.75, 3.05) is 13.1 Å². The van der Waals surface area contributed by atoms with E-state index in [-0.39, 0.29) is 10.8 Å². The van der Waals surface area contributed by atoms with Gasteiger partial charge in [-0.1, -0.05) is 36.4 Å². The van der Waals surface area contributed by atoms with Gasteiger partial charge in [-0.15, -0.1) is 0 Å². The number of nitrogens with zero attached hydrogens (tertiary/aromatic N) is 2. The van der Waals surface area contributed by atoms with Crippen LogP contribution in [0.15, 0.2) is 72.8 Å². The molecule has 3 aromatic rings. The summed E-state index contributed by atoms with van der Waals surface area (Å²) in [6.07, 6.45) is 8.99. The summed E-state index contributed by atoms with van der Waals surface area (Å²) in [5.41, 5.74) is 10.3. The van der Waals surface area contributed by atoms with Crippen LogP contribution in [0.1, 0.15) is 64.1 Å². The second-order valence-electron chi connectivity index (χ2n) is 10.6. The molecule has 3 heteroatoms. The van der Waals surface area contributed by atoms with Crippen molar-refractivity contribution in [1.82, 2.24) is 4.98 Å². The van der Waals surface area contributed by atoms with Gasteiger partial charge in [0.2, 0.25) is 11.4 Å². The molecule has 1 N–H and O–H groups in total. The fourth-order valence-corrected chi connectivity index (χ4v) is 5.92. The van der Waals surface area contributed by atoms with Crippen molar-refractivity contribution < 1.29 is 9.15 Å². The number of rotatable bonds is 6. The summed E-state index contributed by atoms with van der Waals surface area (Å²) < 4.78 is 4.87. The van der Waals surface area contributed by atoms with Crippen LogP contribution in [0.3, 0.4) is 0 Å². The largest absolute Gasteiger partial charge is 0.356 e. The monoisotopic (exact) mass is 463 g/mol. The molecule has 0 bridgehead atoms. The van der Waals surface area contributed by atoms with Gasteiger partial charge in [0.25, 0.3) is 0 Å². The predicted octanol–water partition coefficient (Wildman–Crippen LogP) is 7.23.